The molecule has 138 valence electrons. The summed E-state index contributed by atoms with van der Waals surface area (Å²) in [7, 11) is 0. The number of piperidine rings is 1. The zero-order valence-corrected chi connectivity index (χ0v) is 15.2. The Balaban J connectivity index is 1.47. The topological polar surface area (TPSA) is 72.1 Å². The van der Waals surface area contributed by atoms with Gasteiger partial charge in [0.05, 0.1) is 0 Å². The number of rotatable bonds is 3. The summed E-state index contributed by atoms with van der Waals surface area (Å²) in [5.41, 5.74) is 0.694. The minimum Gasteiger partial charge on any atom is -0.417 e. The maximum atomic E-state index is 12.8. The highest BCUT2D eigenvalue weighted by molar-refractivity contribution is 5.92. The molecule has 0 unspecified atom stereocenters. The second kappa shape index (κ2) is 6.76. The van der Waals surface area contributed by atoms with Crippen LogP contribution in [0, 0.1) is 5.92 Å². The second-order valence-electron chi connectivity index (χ2n) is 7.50. The molecule has 0 N–H and O–H groups in total. The van der Waals surface area contributed by atoms with Gasteiger partial charge in [-0.25, -0.2) is 0 Å². The molecule has 1 atom stereocenters. The molecule has 2 aromatic heterocycles. The fourth-order valence-electron chi connectivity index (χ4n) is 4.10. The largest absolute Gasteiger partial charge is 0.417 e. The maximum Gasteiger partial charge on any atom is 0.267 e. The van der Waals surface area contributed by atoms with E-state index in [0.717, 1.165) is 55.8 Å². The van der Waals surface area contributed by atoms with E-state index < -0.39 is 0 Å². The SMILES string of the molecule is O=C(C1CCC1)N1CCCC[C@@H]1c1nnc(-c2nccc3ccccc23)o1. The average Bonchev–Trinajstić information content (AvgIpc) is 3.16. The quantitative estimate of drug-likeness (QED) is 0.700. The molecule has 2 fully saturated rings. The van der Waals surface area contributed by atoms with Crippen LogP contribution in [0.15, 0.2) is 40.9 Å². The summed E-state index contributed by atoms with van der Waals surface area (Å²) in [4.78, 5) is 19.3. The Kier molecular flexibility index (Phi) is 4.11. The molecule has 3 heterocycles. The van der Waals surface area contributed by atoms with E-state index in [1.165, 1.54) is 0 Å². The van der Waals surface area contributed by atoms with Gasteiger partial charge >= 0.3 is 0 Å². The lowest BCUT2D eigenvalue weighted by Gasteiger charge is -2.38. The van der Waals surface area contributed by atoms with E-state index in [2.05, 4.69) is 15.2 Å². The van der Waals surface area contributed by atoms with Crippen LogP contribution in [-0.4, -0.2) is 32.5 Å². The molecular formula is C21H22N4O2. The number of benzene rings is 1. The van der Waals surface area contributed by atoms with Crippen LogP contribution >= 0.6 is 0 Å². The molecule has 0 radical (unpaired) electrons. The molecule has 3 aromatic rings. The van der Waals surface area contributed by atoms with Crippen molar-refractivity contribution in [1.82, 2.24) is 20.1 Å². The lowest BCUT2D eigenvalue weighted by Crippen LogP contribution is -2.43. The Morgan fingerprint density at radius 1 is 1.04 bits per heavy atom. The third kappa shape index (κ3) is 2.89. The summed E-state index contributed by atoms with van der Waals surface area (Å²) in [6, 6.07) is 9.88. The Morgan fingerprint density at radius 2 is 1.93 bits per heavy atom. The minimum absolute atomic E-state index is 0.108. The number of amides is 1. The van der Waals surface area contributed by atoms with Crippen LogP contribution < -0.4 is 0 Å². The van der Waals surface area contributed by atoms with E-state index in [1.54, 1.807) is 6.20 Å². The molecule has 1 aromatic carbocycles. The molecule has 0 bridgehead atoms. The van der Waals surface area contributed by atoms with Crippen LogP contribution in [0.3, 0.4) is 0 Å². The normalized spacial score (nSPS) is 20.6. The number of carbonyl (C=O) groups excluding carboxylic acids is 1. The van der Waals surface area contributed by atoms with Gasteiger partial charge in [-0.05, 0) is 43.6 Å². The van der Waals surface area contributed by atoms with E-state index in [-0.39, 0.29) is 17.9 Å². The lowest BCUT2D eigenvalue weighted by molar-refractivity contribution is -0.142. The van der Waals surface area contributed by atoms with Crippen LogP contribution in [0.2, 0.25) is 0 Å². The molecule has 6 nitrogen and oxygen atoms in total. The van der Waals surface area contributed by atoms with Crippen molar-refractivity contribution in [2.75, 3.05) is 6.54 Å². The van der Waals surface area contributed by atoms with Crippen molar-refractivity contribution >= 4 is 16.7 Å². The average molecular weight is 362 g/mol. The number of fused-ring (bicyclic) bond motifs is 1. The molecule has 2 aliphatic rings. The smallest absolute Gasteiger partial charge is 0.267 e. The van der Waals surface area contributed by atoms with Crippen molar-refractivity contribution in [2.45, 2.75) is 44.6 Å². The Bertz CT molecular complexity index is 974. The molecule has 6 heteroatoms. The Hall–Kier alpha value is -2.76. The van der Waals surface area contributed by atoms with E-state index in [4.69, 9.17) is 4.42 Å². The lowest BCUT2D eigenvalue weighted by atomic mass is 9.83. The number of aromatic nitrogens is 3. The highest BCUT2D eigenvalue weighted by Crippen LogP contribution is 2.37. The molecule has 27 heavy (non-hydrogen) atoms. The van der Waals surface area contributed by atoms with Gasteiger partial charge in [0.1, 0.15) is 11.7 Å². The van der Waals surface area contributed by atoms with Crippen LogP contribution in [0.4, 0.5) is 0 Å². The summed E-state index contributed by atoms with van der Waals surface area (Å²) in [6.45, 7) is 0.782. The molecule has 5 rings (SSSR count). The highest BCUT2D eigenvalue weighted by Gasteiger charge is 2.37. The first-order chi connectivity index (χ1) is 13.3. The summed E-state index contributed by atoms with van der Waals surface area (Å²) in [5, 5.41) is 10.6. The molecule has 0 spiro atoms. The van der Waals surface area contributed by atoms with E-state index >= 15 is 0 Å². The van der Waals surface area contributed by atoms with E-state index in [1.807, 2.05) is 35.2 Å². The first-order valence-electron chi connectivity index (χ1n) is 9.79. The number of hydrogen-bond donors (Lipinski definition) is 0. The number of hydrogen-bond acceptors (Lipinski definition) is 5. The van der Waals surface area contributed by atoms with Crippen LogP contribution in [0.5, 0.6) is 0 Å². The third-order valence-corrected chi connectivity index (χ3v) is 5.84. The zero-order valence-electron chi connectivity index (χ0n) is 15.2. The van der Waals surface area contributed by atoms with Crippen molar-refractivity contribution < 1.29 is 9.21 Å². The zero-order chi connectivity index (χ0) is 18.2. The van der Waals surface area contributed by atoms with Gasteiger partial charge in [0.2, 0.25) is 11.8 Å². The van der Waals surface area contributed by atoms with Crippen molar-refractivity contribution in [3.8, 4) is 11.6 Å². The molecular weight excluding hydrogens is 340 g/mol. The molecule has 1 saturated carbocycles. The summed E-state index contributed by atoms with van der Waals surface area (Å²) in [5.74, 6) is 1.40. The summed E-state index contributed by atoms with van der Waals surface area (Å²) < 4.78 is 6.05. The molecule has 1 amide bonds. The van der Waals surface area contributed by atoms with Gasteiger partial charge in [-0.15, -0.1) is 10.2 Å². The number of likely N-dealkylation sites (tertiary alicyclic amines) is 1. The molecule has 1 saturated heterocycles. The fourth-order valence-corrected chi connectivity index (χ4v) is 4.10. The van der Waals surface area contributed by atoms with Gasteiger partial charge in [0.25, 0.3) is 5.89 Å². The first-order valence-corrected chi connectivity index (χ1v) is 9.79. The van der Waals surface area contributed by atoms with Crippen LogP contribution in [0.25, 0.3) is 22.4 Å². The number of pyridine rings is 1. The first kappa shape index (κ1) is 16.4. The predicted octanol–water partition coefficient (Wildman–Crippen LogP) is 4.14. The molecule has 1 aliphatic heterocycles. The van der Waals surface area contributed by atoms with Crippen LogP contribution in [-0.2, 0) is 4.79 Å². The van der Waals surface area contributed by atoms with Crippen molar-refractivity contribution in [3.63, 3.8) is 0 Å². The minimum atomic E-state index is -0.108. The fraction of sp³-hybridized carbons (Fsp3) is 0.429. The maximum absolute atomic E-state index is 12.8. The third-order valence-electron chi connectivity index (χ3n) is 5.84. The van der Waals surface area contributed by atoms with Crippen LogP contribution in [0.1, 0.15) is 50.5 Å². The summed E-state index contributed by atoms with van der Waals surface area (Å²) >= 11 is 0. The number of nitrogens with zero attached hydrogens (tertiary/aromatic N) is 4. The van der Waals surface area contributed by atoms with E-state index in [0.29, 0.717) is 17.5 Å². The Labute approximate surface area is 157 Å². The highest BCUT2D eigenvalue weighted by atomic mass is 16.4. The Morgan fingerprint density at radius 3 is 2.78 bits per heavy atom. The number of carbonyl (C=O) groups is 1. The van der Waals surface area contributed by atoms with Crippen molar-refractivity contribution in [2.24, 2.45) is 5.92 Å². The van der Waals surface area contributed by atoms with Gasteiger partial charge in [0, 0.05) is 24.0 Å². The monoisotopic (exact) mass is 362 g/mol. The van der Waals surface area contributed by atoms with E-state index in [9.17, 15) is 4.79 Å². The van der Waals surface area contributed by atoms with Gasteiger partial charge in [0.15, 0.2) is 0 Å². The van der Waals surface area contributed by atoms with Crippen molar-refractivity contribution in [3.05, 3.63) is 42.4 Å². The van der Waals surface area contributed by atoms with Gasteiger partial charge < -0.3 is 9.32 Å². The van der Waals surface area contributed by atoms with Gasteiger partial charge in [-0.3, -0.25) is 9.78 Å². The standard InChI is InChI=1S/C21H22N4O2/c26-21(15-7-5-8-15)25-13-4-3-10-17(25)19-23-24-20(27-19)18-16-9-2-1-6-14(16)11-12-22-18/h1-2,6,9,11-12,15,17H,3-5,7-8,10,13H2/t17-/m1/s1. The second-order valence-corrected chi connectivity index (χ2v) is 7.50. The predicted molar refractivity (Wildman–Crippen MR) is 101 cm³/mol. The van der Waals surface area contributed by atoms with Gasteiger partial charge in [-0.1, -0.05) is 30.7 Å². The summed E-state index contributed by atoms with van der Waals surface area (Å²) in [6.07, 6.45) is 7.93. The van der Waals surface area contributed by atoms with Crippen molar-refractivity contribution in [1.29, 1.82) is 0 Å². The van der Waals surface area contributed by atoms with Gasteiger partial charge in [-0.2, -0.15) is 0 Å². The molecule has 1 aliphatic carbocycles.